The first-order chi connectivity index (χ1) is 15.2. The van der Waals surface area contributed by atoms with E-state index < -0.39 is 6.04 Å². The van der Waals surface area contributed by atoms with E-state index in [9.17, 15) is 4.79 Å². The van der Waals surface area contributed by atoms with Crippen LogP contribution in [0.1, 0.15) is 27.9 Å². The summed E-state index contributed by atoms with van der Waals surface area (Å²) in [5.41, 5.74) is 1.88. The summed E-state index contributed by atoms with van der Waals surface area (Å²) in [5, 5.41) is 11.4. The fourth-order valence-corrected chi connectivity index (χ4v) is 3.26. The van der Waals surface area contributed by atoms with Gasteiger partial charge in [-0.25, -0.2) is 0 Å². The zero-order valence-corrected chi connectivity index (χ0v) is 17.1. The highest BCUT2D eigenvalue weighted by Crippen LogP contribution is 2.30. The van der Waals surface area contributed by atoms with Crippen LogP contribution < -0.4 is 14.8 Å². The van der Waals surface area contributed by atoms with E-state index in [1.165, 1.54) is 14.2 Å². The molecule has 3 aromatic carbocycles. The van der Waals surface area contributed by atoms with E-state index in [1.54, 1.807) is 18.2 Å². The molecule has 1 atom stereocenters. The maximum absolute atomic E-state index is 13.3. The Bertz CT molecular complexity index is 1140. The van der Waals surface area contributed by atoms with Crippen LogP contribution in [0.3, 0.4) is 0 Å². The van der Waals surface area contributed by atoms with Gasteiger partial charge in [0.25, 0.3) is 5.91 Å². The molecule has 0 radical (unpaired) electrons. The molecule has 0 saturated carbocycles. The zero-order valence-electron chi connectivity index (χ0n) is 17.1. The molecule has 0 aliphatic rings. The quantitative estimate of drug-likeness (QED) is 0.485. The molecule has 1 heterocycles. The van der Waals surface area contributed by atoms with E-state index in [-0.39, 0.29) is 17.4 Å². The fourth-order valence-electron chi connectivity index (χ4n) is 3.26. The number of nitrogens with zero attached hydrogens (tertiary/aromatic N) is 2. The smallest absolute Gasteiger partial charge is 0.259 e. The van der Waals surface area contributed by atoms with Gasteiger partial charge >= 0.3 is 0 Å². The molecule has 0 aliphatic carbocycles. The molecule has 1 aromatic heterocycles. The van der Waals surface area contributed by atoms with Crippen LogP contribution in [0.4, 0.5) is 0 Å². The molecular formula is C24H21N3O4. The summed E-state index contributed by atoms with van der Waals surface area (Å²) in [6.07, 6.45) is 0. The van der Waals surface area contributed by atoms with Gasteiger partial charge in [-0.3, -0.25) is 4.79 Å². The van der Waals surface area contributed by atoms with Gasteiger partial charge in [-0.2, -0.15) is 0 Å². The van der Waals surface area contributed by atoms with Crippen LogP contribution in [0.15, 0.2) is 83.3 Å². The van der Waals surface area contributed by atoms with Crippen molar-refractivity contribution in [2.75, 3.05) is 14.2 Å². The van der Waals surface area contributed by atoms with Crippen LogP contribution in [-0.4, -0.2) is 30.3 Å². The molecule has 0 spiro atoms. The SMILES string of the molecule is COc1cccc(OC)c1C(=O)N[C@@H](c1ccccc1)c1nnc(-c2ccccc2)o1. The predicted molar refractivity (Wildman–Crippen MR) is 115 cm³/mol. The van der Waals surface area contributed by atoms with Crippen LogP contribution in [0.5, 0.6) is 11.5 Å². The summed E-state index contributed by atoms with van der Waals surface area (Å²) in [5.74, 6) is 1.06. The van der Waals surface area contributed by atoms with Crippen molar-refractivity contribution < 1.29 is 18.7 Å². The first-order valence-electron chi connectivity index (χ1n) is 9.67. The molecule has 0 fully saturated rings. The van der Waals surface area contributed by atoms with Crippen molar-refractivity contribution in [1.82, 2.24) is 15.5 Å². The molecule has 7 heteroatoms. The number of carbonyl (C=O) groups excluding carboxylic acids is 1. The lowest BCUT2D eigenvalue weighted by Crippen LogP contribution is -2.30. The van der Waals surface area contributed by atoms with Crippen molar-refractivity contribution in [3.05, 3.63) is 95.9 Å². The third kappa shape index (κ3) is 4.25. The lowest BCUT2D eigenvalue weighted by molar-refractivity contribution is 0.0931. The third-order valence-corrected chi connectivity index (χ3v) is 4.77. The first-order valence-corrected chi connectivity index (χ1v) is 9.67. The molecule has 0 aliphatic heterocycles. The van der Waals surface area contributed by atoms with E-state index in [0.717, 1.165) is 11.1 Å². The summed E-state index contributed by atoms with van der Waals surface area (Å²) in [6.45, 7) is 0. The van der Waals surface area contributed by atoms with Gasteiger partial charge in [0.2, 0.25) is 11.8 Å². The topological polar surface area (TPSA) is 86.5 Å². The van der Waals surface area contributed by atoms with Crippen LogP contribution in [0.25, 0.3) is 11.5 Å². The fraction of sp³-hybridized carbons (Fsp3) is 0.125. The molecule has 1 amide bonds. The van der Waals surface area contributed by atoms with Gasteiger partial charge in [0, 0.05) is 5.56 Å². The number of hydrogen-bond donors (Lipinski definition) is 1. The number of ether oxygens (including phenoxy) is 2. The highest BCUT2D eigenvalue weighted by atomic mass is 16.5. The van der Waals surface area contributed by atoms with Gasteiger partial charge in [-0.15, -0.1) is 10.2 Å². The monoisotopic (exact) mass is 415 g/mol. The number of benzene rings is 3. The number of rotatable bonds is 7. The van der Waals surface area contributed by atoms with Crippen molar-refractivity contribution in [3.8, 4) is 23.0 Å². The van der Waals surface area contributed by atoms with Crippen molar-refractivity contribution in [3.63, 3.8) is 0 Å². The van der Waals surface area contributed by atoms with Crippen molar-refractivity contribution in [2.45, 2.75) is 6.04 Å². The van der Waals surface area contributed by atoms with E-state index >= 15 is 0 Å². The lowest BCUT2D eigenvalue weighted by atomic mass is 10.1. The predicted octanol–water partition coefficient (Wildman–Crippen LogP) is 4.27. The molecule has 7 nitrogen and oxygen atoms in total. The number of aromatic nitrogens is 2. The second-order valence-electron chi connectivity index (χ2n) is 6.67. The molecule has 4 aromatic rings. The molecule has 1 N–H and O–H groups in total. The summed E-state index contributed by atoms with van der Waals surface area (Å²) >= 11 is 0. The molecule has 31 heavy (non-hydrogen) atoms. The Morgan fingerprint density at radius 3 is 2.06 bits per heavy atom. The van der Waals surface area contributed by atoms with Crippen LogP contribution in [-0.2, 0) is 0 Å². The van der Waals surface area contributed by atoms with Crippen molar-refractivity contribution in [2.24, 2.45) is 0 Å². The second-order valence-corrected chi connectivity index (χ2v) is 6.67. The summed E-state index contributed by atoms with van der Waals surface area (Å²) in [6, 6.07) is 23.4. The standard InChI is InChI=1S/C24H21N3O4/c1-29-18-14-9-15-19(30-2)20(18)22(28)25-21(16-10-5-3-6-11-16)24-27-26-23(31-24)17-12-7-4-8-13-17/h3-15,21H,1-2H3,(H,25,28)/t21-/m0/s1. The maximum Gasteiger partial charge on any atom is 0.259 e. The Hall–Kier alpha value is -4.13. The Morgan fingerprint density at radius 1 is 0.839 bits per heavy atom. The Morgan fingerprint density at radius 2 is 1.45 bits per heavy atom. The van der Waals surface area contributed by atoms with Gasteiger partial charge in [0.1, 0.15) is 23.1 Å². The Labute approximate surface area is 179 Å². The molecular weight excluding hydrogens is 394 g/mol. The summed E-state index contributed by atoms with van der Waals surface area (Å²) in [4.78, 5) is 13.3. The average molecular weight is 415 g/mol. The summed E-state index contributed by atoms with van der Waals surface area (Å²) < 4.78 is 16.7. The van der Waals surface area contributed by atoms with Crippen molar-refractivity contribution in [1.29, 1.82) is 0 Å². The number of hydrogen-bond acceptors (Lipinski definition) is 6. The molecule has 156 valence electrons. The van der Waals surface area contributed by atoms with Gasteiger partial charge in [-0.05, 0) is 29.8 Å². The second kappa shape index (κ2) is 9.13. The van der Waals surface area contributed by atoms with Gasteiger partial charge in [0.05, 0.1) is 14.2 Å². The van der Waals surface area contributed by atoms with Crippen LogP contribution >= 0.6 is 0 Å². The average Bonchev–Trinajstić information content (AvgIpc) is 3.33. The minimum absolute atomic E-state index is 0.271. The molecule has 0 bridgehead atoms. The Kier molecular flexibility index (Phi) is 5.93. The summed E-state index contributed by atoms with van der Waals surface area (Å²) in [7, 11) is 3.01. The molecule has 0 unspecified atom stereocenters. The van der Waals surface area contributed by atoms with Gasteiger partial charge in [-0.1, -0.05) is 54.6 Å². The maximum atomic E-state index is 13.3. The zero-order chi connectivity index (χ0) is 21.6. The molecule has 0 saturated heterocycles. The normalized spacial score (nSPS) is 11.5. The van der Waals surface area contributed by atoms with E-state index in [2.05, 4.69) is 15.5 Å². The van der Waals surface area contributed by atoms with Crippen LogP contribution in [0.2, 0.25) is 0 Å². The largest absolute Gasteiger partial charge is 0.496 e. The molecule has 4 rings (SSSR count). The number of methoxy groups -OCH3 is 2. The number of carbonyl (C=O) groups is 1. The van der Waals surface area contributed by atoms with Gasteiger partial charge in [0.15, 0.2) is 0 Å². The first kappa shape index (κ1) is 20.2. The minimum atomic E-state index is -0.659. The number of nitrogens with one attached hydrogen (secondary N) is 1. The van der Waals surface area contributed by atoms with Gasteiger partial charge < -0.3 is 19.2 Å². The van der Waals surface area contributed by atoms with E-state index in [4.69, 9.17) is 13.9 Å². The van der Waals surface area contributed by atoms with E-state index in [0.29, 0.717) is 17.4 Å². The minimum Gasteiger partial charge on any atom is -0.496 e. The van der Waals surface area contributed by atoms with Crippen molar-refractivity contribution >= 4 is 5.91 Å². The van der Waals surface area contributed by atoms with E-state index in [1.807, 2.05) is 60.7 Å². The third-order valence-electron chi connectivity index (χ3n) is 4.77. The highest BCUT2D eigenvalue weighted by Gasteiger charge is 2.27. The van der Waals surface area contributed by atoms with Crippen LogP contribution in [0, 0.1) is 0 Å². The number of amides is 1. The highest BCUT2D eigenvalue weighted by molar-refractivity contribution is 6.00. The lowest BCUT2D eigenvalue weighted by Gasteiger charge is -2.18. The Balaban J connectivity index is 1.71.